The van der Waals surface area contributed by atoms with Crippen LogP contribution in [0.3, 0.4) is 0 Å². The van der Waals surface area contributed by atoms with E-state index in [2.05, 4.69) is 16.3 Å². The molecule has 4 aliphatic rings. The lowest BCUT2D eigenvalue weighted by molar-refractivity contribution is -0.936. The number of piperidine rings is 3. The quantitative estimate of drug-likeness (QED) is 0.221. The Morgan fingerprint density at radius 1 is 1.43 bits per heavy atom. The van der Waals surface area contributed by atoms with E-state index in [0.717, 1.165) is 43.4 Å². The van der Waals surface area contributed by atoms with Crippen LogP contribution in [0.15, 0.2) is 17.6 Å². The summed E-state index contributed by atoms with van der Waals surface area (Å²) in [5.41, 5.74) is 0. The molecule has 4 aliphatic heterocycles. The Balaban J connectivity index is 0.00000132. The summed E-state index contributed by atoms with van der Waals surface area (Å²) in [5, 5.41) is 12.0. The van der Waals surface area contributed by atoms with Crippen LogP contribution < -0.4 is 29.7 Å². The Morgan fingerprint density at radius 3 is 2.74 bits per heavy atom. The van der Waals surface area contributed by atoms with Gasteiger partial charge in [0.2, 0.25) is 6.17 Å². The second-order valence-electron chi connectivity index (χ2n) is 6.78. The Morgan fingerprint density at radius 2 is 2.13 bits per heavy atom. The van der Waals surface area contributed by atoms with Crippen molar-refractivity contribution in [3.63, 3.8) is 0 Å². The van der Waals surface area contributed by atoms with E-state index in [1.807, 2.05) is 13.2 Å². The standard InChI is InChI=1S/C15H24N4O2.2ClH/c1-17-6-7-18(15(17)11-16-21)5-2-8-19-9-3-13(4-10-19)14(20)12-19;;/h6-7,11,13,15H,2-5,8-10,12H2,1H3;2*1H/b16-11-;;. The normalized spacial score (nSPS) is 35.4. The predicted molar refractivity (Wildman–Crippen MR) is 78.9 cm³/mol. The van der Waals surface area contributed by atoms with Crippen molar-refractivity contribution in [3.8, 4) is 0 Å². The maximum atomic E-state index is 12.0. The molecule has 4 rings (SSSR count). The molecule has 0 aromatic heterocycles. The molecule has 8 heteroatoms. The highest BCUT2D eigenvalue weighted by Gasteiger charge is 2.44. The highest BCUT2D eigenvalue weighted by atomic mass is 35.5. The van der Waals surface area contributed by atoms with Gasteiger partial charge in [0.1, 0.15) is 19.0 Å². The number of carbonyl (C=O) groups excluding carboxylic acids is 1. The van der Waals surface area contributed by atoms with Crippen molar-refractivity contribution in [2.24, 2.45) is 11.1 Å². The van der Waals surface area contributed by atoms with Crippen molar-refractivity contribution in [1.82, 2.24) is 4.90 Å². The minimum absolute atomic E-state index is 0. The van der Waals surface area contributed by atoms with Gasteiger partial charge in [-0.1, -0.05) is 5.16 Å². The number of ketones is 1. The molecule has 2 unspecified atom stereocenters. The lowest BCUT2D eigenvalue weighted by Crippen LogP contribution is -3.12. The number of quaternary nitrogens is 2. The van der Waals surface area contributed by atoms with Crippen molar-refractivity contribution in [2.45, 2.75) is 25.4 Å². The molecule has 6 nitrogen and oxygen atoms in total. The van der Waals surface area contributed by atoms with E-state index in [1.165, 1.54) is 18.0 Å². The van der Waals surface area contributed by atoms with Gasteiger partial charge in [-0.25, -0.2) is 0 Å². The Labute approximate surface area is 150 Å². The number of hydrogen-bond donors (Lipinski definition) is 2. The first-order valence-electron chi connectivity index (χ1n) is 7.95. The number of carbonyl (C=O) groups is 1. The highest BCUT2D eigenvalue weighted by molar-refractivity contribution is 5.83. The predicted octanol–water partition coefficient (Wildman–Crippen LogP) is -6.72. The molecule has 4 heterocycles. The van der Waals surface area contributed by atoms with Crippen LogP contribution in [0.4, 0.5) is 0 Å². The van der Waals surface area contributed by atoms with Gasteiger partial charge in [-0.15, -0.1) is 0 Å². The first kappa shape index (κ1) is 20.2. The van der Waals surface area contributed by atoms with Gasteiger partial charge in [0.15, 0.2) is 5.78 Å². The smallest absolute Gasteiger partial charge is 0.207 e. The third-order valence-corrected chi connectivity index (χ3v) is 5.50. The SMILES string of the molecule is CN1C=C[NH+](CCC[N+]23CCC(CC2)C(=O)C3)C1/C=N\O.[Cl-].[Cl-]. The average molecular weight is 365 g/mol. The van der Waals surface area contributed by atoms with Gasteiger partial charge in [-0.3, -0.25) is 9.69 Å². The number of hydrogen-bond acceptors (Lipinski definition) is 4. The van der Waals surface area contributed by atoms with Crippen molar-refractivity contribution >= 4 is 12.0 Å². The molecule has 0 spiro atoms. The topological polar surface area (TPSA) is 57.3 Å². The maximum Gasteiger partial charge on any atom is 0.207 e. The number of nitrogens with one attached hydrogen (secondary N) is 1. The second-order valence-corrected chi connectivity index (χ2v) is 6.78. The number of rotatable bonds is 5. The van der Waals surface area contributed by atoms with Gasteiger partial charge in [0.05, 0.1) is 32.4 Å². The zero-order valence-corrected chi connectivity index (χ0v) is 15.0. The maximum absolute atomic E-state index is 12.0. The lowest BCUT2D eigenvalue weighted by atomic mass is 9.84. The zero-order chi connectivity index (χ0) is 14.9. The molecule has 0 saturated carbocycles. The summed E-state index contributed by atoms with van der Waals surface area (Å²) in [6.07, 6.45) is 9.11. The van der Waals surface area contributed by atoms with E-state index >= 15 is 0 Å². The van der Waals surface area contributed by atoms with E-state index in [4.69, 9.17) is 5.21 Å². The van der Waals surface area contributed by atoms with Crippen LogP contribution in [0.2, 0.25) is 0 Å². The third-order valence-electron chi connectivity index (χ3n) is 5.50. The van der Waals surface area contributed by atoms with Gasteiger partial charge in [-0.05, 0) is 0 Å². The van der Waals surface area contributed by atoms with Gasteiger partial charge in [0, 0.05) is 32.2 Å². The van der Waals surface area contributed by atoms with Crippen LogP contribution in [0.25, 0.3) is 0 Å². The second kappa shape index (κ2) is 8.33. The Bertz CT molecular complexity index is 464. The van der Waals surface area contributed by atoms with Gasteiger partial charge < -0.3 is 39.4 Å². The molecule has 23 heavy (non-hydrogen) atoms. The van der Waals surface area contributed by atoms with Gasteiger partial charge in [0.25, 0.3) is 0 Å². The average Bonchev–Trinajstić information content (AvgIpc) is 2.82. The summed E-state index contributed by atoms with van der Waals surface area (Å²) in [5.74, 6) is 0.863. The van der Waals surface area contributed by atoms with Crippen LogP contribution in [0, 0.1) is 5.92 Å². The van der Waals surface area contributed by atoms with Crippen molar-refractivity contribution in [3.05, 3.63) is 12.4 Å². The van der Waals surface area contributed by atoms with Crippen molar-refractivity contribution in [1.29, 1.82) is 0 Å². The largest absolute Gasteiger partial charge is 1.00 e. The number of oxime groups is 1. The van der Waals surface area contributed by atoms with Gasteiger partial charge >= 0.3 is 0 Å². The van der Waals surface area contributed by atoms with Crippen molar-refractivity contribution in [2.75, 3.05) is 39.8 Å². The molecule has 0 amide bonds. The monoisotopic (exact) mass is 364 g/mol. The first-order valence-corrected chi connectivity index (χ1v) is 7.95. The molecular formula is C15H26Cl2N4O2. The van der Waals surface area contributed by atoms with Crippen LogP contribution in [-0.2, 0) is 4.79 Å². The fraction of sp³-hybridized carbons (Fsp3) is 0.733. The summed E-state index contributed by atoms with van der Waals surface area (Å²) in [6, 6.07) is 0. The first-order chi connectivity index (χ1) is 10.1. The molecule has 132 valence electrons. The molecule has 0 radical (unpaired) electrons. The fourth-order valence-corrected chi connectivity index (χ4v) is 4.14. The number of Topliss-reactive ketones (excluding diaryl/α,β-unsaturated/α-hetero) is 1. The molecule has 3 fully saturated rings. The van der Waals surface area contributed by atoms with E-state index in [9.17, 15) is 4.79 Å². The van der Waals surface area contributed by atoms with Crippen LogP contribution in [-0.4, -0.2) is 72.5 Å². The lowest BCUT2D eigenvalue weighted by Gasteiger charge is -2.48. The molecular weight excluding hydrogens is 339 g/mol. The van der Waals surface area contributed by atoms with Crippen LogP contribution >= 0.6 is 0 Å². The third kappa shape index (κ3) is 4.18. The minimum atomic E-state index is 0. The minimum Gasteiger partial charge on any atom is -1.00 e. The zero-order valence-electron chi connectivity index (χ0n) is 13.5. The summed E-state index contributed by atoms with van der Waals surface area (Å²) in [6.45, 7) is 5.24. The van der Waals surface area contributed by atoms with Crippen LogP contribution in [0.5, 0.6) is 0 Å². The van der Waals surface area contributed by atoms with E-state index in [1.54, 1.807) is 6.21 Å². The number of fused-ring (bicyclic) bond motifs is 3. The van der Waals surface area contributed by atoms with Crippen molar-refractivity contribution < 1.29 is 44.2 Å². The molecule has 3 saturated heterocycles. The molecule has 0 aromatic carbocycles. The van der Waals surface area contributed by atoms with E-state index in [-0.39, 0.29) is 31.0 Å². The fourth-order valence-electron chi connectivity index (χ4n) is 4.14. The summed E-state index contributed by atoms with van der Waals surface area (Å²) < 4.78 is 1.01. The number of halogens is 2. The number of nitrogens with zero attached hydrogens (tertiary/aromatic N) is 3. The molecule has 2 bridgehead atoms. The summed E-state index contributed by atoms with van der Waals surface area (Å²) in [4.78, 5) is 15.3. The van der Waals surface area contributed by atoms with E-state index in [0.29, 0.717) is 11.7 Å². The highest BCUT2D eigenvalue weighted by Crippen LogP contribution is 2.31. The summed E-state index contributed by atoms with van der Waals surface area (Å²) in [7, 11) is 1.99. The molecule has 0 aromatic rings. The van der Waals surface area contributed by atoms with Crippen LogP contribution in [0.1, 0.15) is 19.3 Å². The molecule has 2 atom stereocenters. The Hall–Kier alpha value is -0.820. The summed E-state index contributed by atoms with van der Waals surface area (Å²) >= 11 is 0. The van der Waals surface area contributed by atoms with E-state index < -0.39 is 0 Å². The molecule has 0 aliphatic carbocycles. The molecule has 2 N–H and O–H groups in total. The Kier molecular flexibility index (Phi) is 7.32. The van der Waals surface area contributed by atoms with Gasteiger partial charge in [-0.2, -0.15) is 0 Å².